The molecule has 132 valence electrons. The SMILES string of the molecule is Cc1nn(C)c2ncc(C(=O)N3CCc4ccc(C(=O)O)cc4C3)cc12. The van der Waals surface area contributed by atoms with Gasteiger partial charge in [-0.15, -0.1) is 0 Å². The van der Waals surface area contributed by atoms with Crippen LogP contribution in [0.25, 0.3) is 11.0 Å². The fourth-order valence-electron chi connectivity index (χ4n) is 3.47. The van der Waals surface area contributed by atoms with E-state index in [1.807, 2.05) is 26.1 Å². The molecule has 1 aliphatic rings. The predicted molar refractivity (Wildman–Crippen MR) is 95.1 cm³/mol. The normalized spacial score (nSPS) is 13.7. The molecule has 0 fully saturated rings. The first kappa shape index (κ1) is 16.3. The van der Waals surface area contributed by atoms with Gasteiger partial charge in [-0.25, -0.2) is 9.78 Å². The molecule has 0 saturated heterocycles. The van der Waals surface area contributed by atoms with Crippen LogP contribution >= 0.6 is 0 Å². The number of carboxylic acid groups (broad SMARTS) is 1. The van der Waals surface area contributed by atoms with E-state index < -0.39 is 5.97 Å². The number of amides is 1. The van der Waals surface area contributed by atoms with Gasteiger partial charge < -0.3 is 10.0 Å². The molecule has 7 nitrogen and oxygen atoms in total. The summed E-state index contributed by atoms with van der Waals surface area (Å²) in [6.07, 6.45) is 2.29. The number of hydrogen-bond donors (Lipinski definition) is 1. The molecule has 0 spiro atoms. The molecule has 1 aliphatic heterocycles. The van der Waals surface area contributed by atoms with Crippen LogP contribution < -0.4 is 0 Å². The molecule has 0 unspecified atom stereocenters. The third-order valence-electron chi connectivity index (χ3n) is 4.86. The maximum atomic E-state index is 12.9. The molecule has 3 heterocycles. The van der Waals surface area contributed by atoms with Crippen molar-refractivity contribution in [3.05, 3.63) is 58.4 Å². The molecule has 0 bridgehead atoms. The Hall–Kier alpha value is -3.22. The Morgan fingerprint density at radius 3 is 2.73 bits per heavy atom. The second-order valence-electron chi connectivity index (χ2n) is 6.57. The van der Waals surface area contributed by atoms with Gasteiger partial charge in [0.15, 0.2) is 5.65 Å². The lowest BCUT2D eigenvalue weighted by Crippen LogP contribution is -2.36. The van der Waals surface area contributed by atoms with Gasteiger partial charge in [-0.3, -0.25) is 9.48 Å². The molecule has 0 radical (unpaired) electrons. The summed E-state index contributed by atoms with van der Waals surface area (Å²) in [6.45, 7) is 2.89. The number of fused-ring (bicyclic) bond motifs is 2. The number of carboxylic acids is 1. The van der Waals surface area contributed by atoms with E-state index in [0.717, 1.165) is 27.9 Å². The lowest BCUT2D eigenvalue weighted by Gasteiger charge is -2.29. The Bertz CT molecular complexity index is 1050. The highest BCUT2D eigenvalue weighted by molar-refractivity contribution is 5.97. The quantitative estimate of drug-likeness (QED) is 0.765. The number of aromatic nitrogens is 3. The zero-order valence-electron chi connectivity index (χ0n) is 14.6. The Balaban J connectivity index is 1.64. The Labute approximate surface area is 149 Å². The molecule has 0 atom stereocenters. The van der Waals surface area contributed by atoms with Crippen molar-refractivity contribution in [2.45, 2.75) is 19.9 Å². The van der Waals surface area contributed by atoms with E-state index in [9.17, 15) is 14.7 Å². The largest absolute Gasteiger partial charge is 0.478 e. The van der Waals surface area contributed by atoms with Crippen LogP contribution in [0.2, 0.25) is 0 Å². The summed E-state index contributed by atoms with van der Waals surface area (Å²) in [7, 11) is 1.82. The first-order chi connectivity index (χ1) is 12.4. The highest BCUT2D eigenvalue weighted by Gasteiger charge is 2.23. The van der Waals surface area contributed by atoms with Crippen molar-refractivity contribution in [2.75, 3.05) is 6.54 Å². The maximum Gasteiger partial charge on any atom is 0.335 e. The molecule has 0 saturated carbocycles. The summed E-state index contributed by atoms with van der Waals surface area (Å²) in [5.74, 6) is -1.06. The second kappa shape index (κ2) is 5.94. The van der Waals surface area contributed by atoms with Crippen molar-refractivity contribution in [2.24, 2.45) is 7.05 Å². The number of carbonyl (C=O) groups excluding carboxylic acids is 1. The van der Waals surface area contributed by atoms with E-state index in [4.69, 9.17) is 0 Å². The van der Waals surface area contributed by atoms with Crippen molar-refractivity contribution in [3.8, 4) is 0 Å². The first-order valence-corrected chi connectivity index (χ1v) is 8.38. The van der Waals surface area contributed by atoms with Gasteiger partial charge >= 0.3 is 5.97 Å². The molecule has 7 heteroatoms. The number of hydrogen-bond acceptors (Lipinski definition) is 4. The van der Waals surface area contributed by atoms with Crippen molar-refractivity contribution in [3.63, 3.8) is 0 Å². The minimum absolute atomic E-state index is 0.103. The second-order valence-corrected chi connectivity index (χ2v) is 6.57. The van der Waals surface area contributed by atoms with E-state index in [0.29, 0.717) is 25.1 Å². The van der Waals surface area contributed by atoms with E-state index in [1.165, 1.54) is 0 Å². The van der Waals surface area contributed by atoms with Crippen molar-refractivity contribution < 1.29 is 14.7 Å². The topological polar surface area (TPSA) is 88.3 Å². The minimum Gasteiger partial charge on any atom is -0.478 e. The van der Waals surface area contributed by atoms with Crippen LogP contribution in [0.3, 0.4) is 0 Å². The number of carbonyl (C=O) groups is 2. The number of rotatable bonds is 2. The Morgan fingerprint density at radius 1 is 1.15 bits per heavy atom. The lowest BCUT2D eigenvalue weighted by atomic mass is 9.97. The highest BCUT2D eigenvalue weighted by atomic mass is 16.4. The predicted octanol–water partition coefficient (Wildman–Crippen LogP) is 2.17. The van der Waals surface area contributed by atoms with Crippen LogP contribution in [-0.2, 0) is 20.0 Å². The third-order valence-corrected chi connectivity index (χ3v) is 4.86. The van der Waals surface area contributed by atoms with E-state index in [-0.39, 0.29) is 11.5 Å². The van der Waals surface area contributed by atoms with Gasteiger partial charge in [0.2, 0.25) is 0 Å². The zero-order chi connectivity index (χ0) is 18.4. The molecule has 3 aromatic rings. The molecular formula is C19H18N4O3. The highest BCUT2D eigenvalue weighted by Crippen LogP contribution is 2.23. The Kier molecular flexibility index (Phi) is 3.72. The summed E-state index contributed by atoms with van der Waals surface area (Å²) in [4.78, 5) is 30.2. The number of aromatic carboxylic acids is 1. The van der Waals surface area contributed by atoms with Gasteiger partial charge in [-0.1, -0.05) is 6.07 Å². The summed E-state index contributed by atoms with van der Waals surface area (Å²) < 4.78 is 1.70. The van der Waals surface area contributed by atoms with Gasteiger partial charge in [0.05, 0.1) is 16.8 Å². The molecule has 26 heavy (non-hydrogen) atoms. The van der Waals surface area contributed by atoms with Crippen LogP contribution in [0.15, 0.2) is 30.5 Å². The van der Waals surface area contributed by atoms with Crippen LogP contribution in [-0.4, -0.2) is 43.2 Å². The zero-order valence-corrected chi connectivity index (χ0v) is 14.6. The Morgan fingerprint density at radius 2 is 1.96 bits per heavy atom. The van der Waals surface area contributed by atoms with Gasteiger partial charge in [0, 0.05) is 31.7 Å². The van der Waals surface area contributed by atoms with Gasteiger partial charge in [-0.2, -0.15) is 5.10 Å². The smallest absolute Gasteiger partial charge is 0.335 e. The maximum absolute atomic E-state index is 12.9. The molecule has 2 aromatic heterocycles. The van der Waals surface area contributed by atoms with Crippen LogP contribution in [0.5, 0.6) is 0 Å². The molecule has 1 aromatic carbocycles. The van der Waals surface area contributed by atoms with Gasteiger partial charge in [0.25, 0.3) is 5.91 Å². The molecular weight excluding hydrogens is 332 g/mol. The number of nitrogens with zero attached hydrogens (tertiary/aromatic N) is 4. The summed E-state index contributed by atoms with van der Waals surface area (Å²) in [6, 6.07) is 6.94. The summed E-state index contributed by atoms with van der Waals surface area (Å²) in [5, 5.41) is 14.4. The van der Waals surface area contributed by atoms with Gasteiger partial charge in [0.1, 0.15) is 0 Å². The molecule has 4 rings (SSSR count). The third kappa shape index (κ3) is 2.61. The summed E-state index contributed by atoms with van der Waals surface area (Å²) >= 11 is 0. The van der Waals surface area contributed by atoms with E-state index >= 15 is 0 Å². The number of aryl methyl sites for hydroxylation is 2. The van der Waals surface area contributed by atoms with Crippen LogP contribution in [0.4, 0.5) is 0 Å². The fraction of sp³-hybridized carbons (Fsp3) is 0.263. The van der Waals surface area contributed by atoms with Crippen molar-refractivity contribution in [1.82, 2.24) is 19.7 Å². The van der Waals surface area contributed by atoms with Gasteiger partial charge in [-0.05, 0) is 42.7 Å². The summed E-state index contributed by atoms with van der Waals surface area (Å²) in [5.41, 5.74) is 4.32. The molecule has 0 aliphatic carbocycles. The number of benzene rings is 1. The monoisotopic (exact) mass is 350 g/mol. The van der Waals surface area contributed by atoms with E-state index in [2.05, 4.69) is 10.1 Å². The molecule has 1 N–H and O–H groups in total. The van der Waals surface area contributed by atoms with Crippen LogP contribution in [0.1, 0.15) is 37.5 Å². The molecule has 1 amide bonds. The van der Waals surface area contributed by atoms with E-state index in [1.54, 1.807) is 27.9 Å². The standard InChI is InChI=1S/C19H18N4O3/c1-11-16-8-14(9-20-17(16)22(2)21-11)18(24)23-6-5-12-3-4-13(19(25)26)7-15(12)10-23/h3-4,7-9H,5-6,10H2,1-2H3,(H,25,26). The fourth-order valence-corrected chi connectivity index (χ4v) is 3.47. The van der Waals surface area contributed by atoms with Crippen LogP contribution in [0, 0.1) is 6.92 Å². The lowest BCUT2D eigenvalue weighted by molar-refractivity contribution is 0.0696. The first-order valence-electron chi connectivity index (χ1n) is 8.38. The minimum atomic E-state index is -0.960. The average molecular weight is 350 g/mol. The van der Waals surface area contributed by atoms with Crippen molar-refractivity contribution >= 4 is 22.9 Å². The number of pyridine rings is 1. The van der Waals surface area contributed by atoms with Crippen molar-refractivity contribution in [1.29, 1.82) is 0 Å². The average Bonchev–Trinajstić information content (AvgIpc) is 2.93.